The minimum atomic E-state index is -0.0358. The van der Waals surface area contributed by atoms with E-state index in [0.29, 0.717) is 24.6 Å². The molecule has 0 saturated carbocycles. The number of carbonyl (C=O) groups is 1. The highest BCUT2D eigenvalue weighted by atomic mass is 16.5. The summed E-state index contributed by atoms with van der Waals surface area (Å²) in [6, 6.07) is 5.96. The summed E-state index contributed by atoms with van der Waals surface area (Å²) in [5, 5.41) is 7.45. The number of benzene rings is 1. The second-order valence-electron chi connectivity index (χ2n) is 6.77. The lowest BCUT2D eigenvalue weighted by Crippen LogP contribution is -2.23. The Morgan fingerprint density at radius 1 is 1.31 bits per heavy atom. The van der Waals surface area contributed by atoms with E-state index in [4.69, 9.17) is 9.47 Å². The van der Waals surface area contributed by atoms with Gasteiger partial charge < -0.3 is 14.8 Å². The summed E-state index contributed by atoms with van der Waals surface area (Å²) in [6.45, 7) is 11.4. The lowest BCUT2D eigenvalue weighted by molar-refractivity contribution is -0.116. The highest BCUT2D eigenvalue weighted by molar-refractivity contribution is 5.94. The molecule has 6 heteroatoms. The van der Waals surface area contributed by atoms with Crippen molar-refractivity contribution in [2.24, 2.45) is 0 Å². The topological polar surface area (TPSA) is 65.4 Å². The summed E-state index contributed by atoms with van der Waals surface area (Å²) in [4.78, 5) is 12.2. The maximum atomic E-state index is 12.2. The van der Waals surface area contributed by atoms with E-state index in [2.05, 4.69) is 17.3 Å². The monoisotopic (exact) mass is 357 g/mol. The molecular weight excluding hydrogens is 330 g/mol. The van der Waals surface area contributed by atoms with Gasteiger partial charge in [-0.2, -0.15) is 5.10 Å². The van der Waals surface area contributed by atoms with Gasteiger partial charge in [0.25, 0.3) is 0 Å². The summed E-state index contributed by atoms with van der Waals surface area (Å²) in [7, 11) is 0. The van der Waals surface area contributed by atoms with E-state index in [1.807, 2.05) is 50.6 Å². The Balaban J connectivity index is 2.05. The molecule has 2 heterocycles. The van der Waals surface area contributed by atoms with Crippen molar-refractivity contribution in [1.29, 1.82) is 0 Å². The lowest BCUT2D eigenvalue weighted by atomic mass is 9.85. The number of carbonyl (C=O) groups excluding carboxylic acids is 1. The Morgan fingerprint density at radius 2 is 2.08 bits per heavy atom. The predicted molar refractivity (Wildman–Crippen MR) is 101 cm³/mol. The van der Waals surface area contributed by atoms with Crippen LogP contribution in [0.5, 0.6) is 11.5 Å². The number of hydrogen-bond acceptors (Lipinski definition) is 4. The van der Waals surface area contributed by atoms with Gasteiger partial charge >= 0.3 is 0 Å². The molecule has 3 rings (SSSR count). The van der Waals surface area contributed by atoms with Crippen LogP contribution in [0.3, 0.4) is 0 Å². The van der Waals surface area contributed by atoms with Crippen molar-refractivity contribution in [1.82, 2.24) is 9.78 Å². The molecular formula is C20H27N3O3. The summed E-state index contributed by atoms with van der Waals surface area (Å²) < 4.78 is 13.6. The van der Waals surface area contributed by atoms with Gasteiger partial charge in [-0.1, -0.05) is 6.07 Å². The predicted octanol–water partition coefficient (Wildman–Crippen LogP) is 3.87. The third-order valence-corrected chi connectivity index (χ3v) is 4.58. The average molecular weight is 357 g/mol. The van der Waals surface area contributed by atoms with Crippen LogP contribution in [0.2, 0.25) is 0 Å². The van der Waals surface area contributed by atoms with Crippen LogP contribution in [0.15, 0.2) is 18.2 Å². The van der Waals surface area contributed by atoms with Crippen molar-refractivity contribution >= 4 is 11.7 Å². The number of ether oxygens (including phenoxy) is 2. The standard InChI is InChI=1S/C20H27N3O3/c1-6-23-13(5)19-15(11-18(24)21-20(19)22-23)14-8-9-16(26-12(3)4)17(10-14)25-7-2/h8-10,12,15H,6-7,11H2,1-5H3,(H,21,22,24). The zero-order valence-electron chi connectivity index (χ0n) is 16.1. The summed E-state index contributed by atoms with van der Waals surface area (Å²) in [5.74, 6) is 2.07. The number of hydrogen-bond donors (Lipinski definition) is 1. The van der Waals surface area contributed by atoms with Gasteiger partial charge in [0.1, 0.15) is 0 Å². The fourth-order valence-electron chi connectivity index (χ4n) is 3.49. The first-order chi connectivity index (χ1) is 12.4. The molecule has 2 aromatic rings. The van der Waals surface area contributed by atoms with E-state index in [1.54, 1.807) is 0 Å². The number of rotatable bonds is 6. The van der Waals surface area contributed by atoms with Crippen molar-refractivity contribution in [3.05, 3.63) is 35.0 Å². The number of amides is 1. The molecule has 1 amide bonds. The Hall–Kier alpha value is -2.50. The fourth-order valence-corrected chi connectivity index (χ4v) is 3.49. The molecule has 0 fully saturated rings. The first-order valence-corrected chi connectivity index (χ1v) is 9.25. The number of anilines is 1. The zero-order valence-corrected chi connectivity index (χ0v) is 16.1. The van der Waals surface area contributed by atoms with Crippen molar-refractivity contribution in [2.45, 2.75) is 59.6 Å². The third kappa shape index (κ3) is 3.41. The second-order valence-corrected chi connectivity index (χ2v) is 6.77. The number of nitrogens with one attached hydrogen (secondary N) is 1. The molecule has 0 saturated heterocycles. The van der Waals surface area contributed by atoms with Crippen molar-refractivity contribution in [3.8, 4) is 11.5 Å². The van der Waals surface area contributed by atoms with Gasteiger partial charge in [0.05, 0.1) is 12.7 Å². The van der Waals surface area contributed by atoms with Gasteiger partial charge in [0.15, 0.2) is 17.3 Å². The Kier molecular flexibility index (Phi) is 5.20. The fraction of sp³-hybridized carbons (Fsp3) is 0.500. The lowest BCUT2D eigenvalue weighted by Gasteiger charge is -2.24. The van der Waals surface area contributed by atoms with Crippen LogP contribution in [0, 0.1) is 6.92 Å². The molecule has 140 valence electrons. The van der Waals surface area contributed by atoms with Crippen LogP contribution in [-0.4, -0.2) is 28.4 Å². The van der Waals surface area contributed by atoms with E-state index in [1.165, 1.54) is 0 Å². The van der Waals surface area contributed by atoms with Crippen LogP contribution in [0.1, 0.15) is 56.9 Å². The molecule has 0 spiro atoms. The largest absolute Gasteiger partial charge is 0.490 e. The molecule has 1 atom stereocenters. The Morgan fingerprint density at radius 3 is 2.73 bits per heavy atom. The number of nitrogens with zero attached hydrogens (tertiary/aromatic N) is 2. The maximum absolute atomic E-state index is 12.2. The van der Waals surface area contributed by atoms with Crippen LogP contribution in [-0.2, 0) is 11.3 Å². The highest BCUT2D eigenvalue weighted by Crippen LogP contribution is 2.41. The third-order valence-electron chi connectivity index (χ3n) is 4.58. The smallest absolute Gasteiger partial charge is 0.226 e. The van der Waals surface area contributed by atoms with Crippen LogP contribution in [0.4, 0.5) is 5.82 Å². The molecule has 1 aliphatic rings. The molecule has 0 radical (unpaired) electrons. The summed E-state index contributed by atoms with van der Waals surface area (Å²) in [5.41, 5.74) is 3.22. The van der Waals surface area contributed by atoms with E-state index in [-0.39, 0.29) is 17.9 Å². The molecule has 1 unspecified atom stereocenters. The van der Waals surface area contributed by atoms with Crippen LogP contribution < -0.4 is 14.8 Å². The minimum absolute atomic E-state index is 0.0104. The molecule has 1 aromatic heterocycles. The van der Waals surface area contributed by atoms with Gasteiger partial charge in [-0.25, -0.2) is 0 Å². The minimum Gasteiger partial charge on any atom is -0.490 e. The highest BCUT2D eigenvalue weighted by Gasteiger charge is 2.32. The summed E-state index contributed by atoms with van der Waals surface area (Å²) >= 11 is 0. The normalized spacial score (nSPS) is 16.4. The van der Waals surface area contributed by atoms with Gasteiger partial charge in [-0.05, 0) is 52.3 Å². The van der Waals surface area contributed by atoms with E-state index in [9.17, 15) is 4.79 Å². The van der Waals surface area contributed by atoms with Crippen molar-refractivity contribution < 1.29 is 14.3 Å². The maximum Gasteiger partial charge on any atom is 0.226 e. The Bertz CT molecular complexity index is 811. The Labute approximate surface area is 154 Å². The van der Waals surface area contributed by atoms with Crippen LogP contribution in [0.25, 0.3) is 0 Å². The number of aromatic nitrogens is 2. The van der Waals surface area contributed by atoms with Crippen molar-refractivity contribution in [2.75, 3.05) is 11.9 Å². The van der Waals surface area contributed by atoms with Crippen molar-refractivity contribution in [3.63, 3.8) is 0 Å². The first kappa shape index (κ1) is 18.3. The molecule has 26 heavy (non-hydrogen) atoms. The van der Waals surface area contributed by atoms with Gasteiger partial charge in [-0.3, -0.25) is 9.48 Å². The summed E-state index contributed by atoms with van der Waals surface area (Å²) in [6.07, 6.45) is 0.469. The van der Waals surface area contributed by atoms with Gasteiger partial charge in [0.2, 0.25) is 5.91 Å². The molecule has 0 bridgehead atoms. The molecule has 6 nitrogen and oxygen atoms in total. The second kappa shape index (κ2) is 7.40. The average Bonchev–Trinajstić information content (AvgIpc) is 2.91. The number of fused-ring (bicyclic) bond motifs is 1. The van der Waals surface area contributed by atoms with E-state index in [0.717, 1.165) is 29.1 Å². The van der Waals surface area contributed by atoms with E-state index >= 15 is 0 Å². The quantitative estimate of drug-likeness (QED) is 0.852. The van der Waals surface area contributed by atoms with Gasteiger partial charge in [-0.15, -0.1) is 0 Å². The number of aryl methyl sites for hydroxylation is 1. The van der Waals surface area contributed by atoms with E-state index < -0.39 is 0 Å². The molecule has 0 aliphatic carbocycles. The SMILES string of the molecule is CCOc1cc(C2CC(=O)Nc3nn(CC)c(C)c32)ccc1OC(C)C. The zero-order chi connectivity index (χ0) is 18.8. The van der Waals surface area contributed by atoms with Crippen LogP contribution >= 0.6 is 0 Å². The van der Waals surface area contributed by atoms with Gasteiger partial charge in [0, 0.05) is 30.1 Å². The molecule has 1 N–H and O–H groups in total. The first-order valence-electron chi connectivity index (χ1n) is 9.25. The molecule has 1 aromatic carbocycles. The molecule has 1 aliphatic heterocycles.